The lowest BCUT2D eigenvalue weighted by molar-refractivity contribution is 0.0600. The van der Waals surface area contributed by atoms with Gasteiger partial charge in [-0.25, -0.2) is 4.79 Å². The molecule has 1 amide bonds. The second-order valence-electron chi connectivity index (χ2n) is 5.82. The van der Waals surface area contributed by atoms with E-state index in [4.69, 9.17) is 9.15 Å². The molecule has 9 heteroatoms. The van der Waals surface area contributed by atoms with Gasteiger partial charge in [0.2, 0.25) is 0 Å². The molecule has 146 valence electrons. The zero-order chi connectivity index (χ0) is 20.1. The lowest BCUT2D eigenvalue weighted by Crippen LogP contribution is -2.23. The van der Waals surface area contributed by atoms with Gasteiger partial charge >= 0.3 is 5.97 Å². The average Bonchev–Trinajstić information content (AvgIpc) is 3.31. The fraction of sp³-hybridized carbons (Fsp3) is 0.211. The molecule has 1 N–H and O–H groups in total. The number of aromatic nitrogens is 2. The van der Waals surface area contributed by atoms with Gasteiger partial charge < -0.3 is 19.2 Å². The quantitative estimate of drug-likeness (QED) is 0.559. The Morgan fingerprint density at radius 2 is 1.96 bits per heavy atom. The van der Waals surface area contributed by atoms with Gasteiger partial charge in [0.1, 0.15) is 18.1 Å². The molecule has 0 saturated heterocycles. The predicted octanol–water partition coefficient (Wildman–Crippen LogP) is 3.07. The first-order valence-corrected chi connectivity index (χ1v) is 9.11. The summed E-state index contributed by atoms with van der Waals surface area (Å²) in [6.07, 6.45) is 1.67. The molecule has 0 radical (unpaired) electrons. The number of rotatable bonds is 7. The number of hydrogen-bond donors (Lipinski definition) is 1. The van der Waals surface area contributed by atoms with E-state index >= 15 is 0 Å². The third kappa shape index (κ3) is 4.61. The summed E-state index contributed by atoms with van der Waals surface area (Å²) in [5.41, 5.74) is 1.28. The van der Waals surface area contributed by atoms with Gasteiger partial charge in [-0.05, 0) is 52.3 Å². The summed E-state index contributed by atoms with van der Waals surface area (Å²) in [4.78, 5) is 23.7. The number of furan rings is 1. The van der Waals surface area contributed by atoms with Gasteiger partial charge in [-0.2, -0.15) is 5.10 Å². The molecule has 3 aromatic rings. The maximum absolute atomic E-state index is 12.2. The molecule has 2 aromatic heterocycles. The first kappa shape index (κ1) is 19.7. The van der Waals surface area contributed by atoms with Crippen LogP contribution in [-0.4, -0.2) is 28.8 Å². The smallest absolute Gasteiger partial charge is 0.337 e. The molecule has 28 heavy (non-hydrogen) atoms. The average molecular weight is 448 g/mol. The number of esters is 1. The molecule has 0 aliphatic heterocycles. The van der Waals surface area contributed by atoms with Crippen LogP contribution in [0.4, 0.5) is 0 Å². The van der Waals surface area contributed by atoms with Gasteiger partial charge in [0.15, 0.2) is 5.76 Å². The molecule has 2 heterocycles. The van der Waals surface area contributed by atoms with Gasteiger partial charge in [-0.1, -0.05) is 0 Å². The van der Waals surface area contributed by atoms with Crippen molar-refractivity contribution in [1.29, 1.82) is 0 Å². The van der Waals surface area contributed by atoms with Gasteiger partial charge in [0, 0.05) is 7.05 Å². The van der Waals surface area contributed by atoms with E-state index in [0.717, 1.165) is 10.2 Å². The molecule has 8 nitrogen and oxygen atoms in total. The Balaban J connectivity index is 1.53. The topological polar surface area (TPSA) is 95.6 Å². The Kier molecular flexibility index (Phi) is 6.15. The summed E-state index contributed by atoms with van der Waals surface area (Å²) < 4.78 is 18.3. The fourth-order valence-corrected chi connectivity index (χ4v) is 2.91. The van der Waals surface area contributed by atoms with Crippen LogP contribution < -0.4 is 10.1 Å². The van der Waals surface area contributed by atoms with Gasteiger partial charge in [0.05, 0.1) is 35.6 Å². The van der Waals surface area contributed by atoms with Crippen LogP contribution >= 0.6 is 15.9 Å². The molecular weight excluding hydrogens is 430 g/mol. The molecule has 1 aromatic carbocycles. The number of nitrogens with zero attached hydrogens (tertiary/aromatic N) is 2. The van der Waals surface area contributed by atoms with Crippen molar-refractivity contribution in [2.75, 3.05) is 7.11 Å². The van der Waals surface area contributed by atoms with Crippen molar-refractivity contribution in [3.63, 3.8) is 0 Å². The molecule has 0 bridgehead atoms. The van der Waals surface area contributed by atoms with Crippen LogP contribution in [0, 0.1) is 0 Å². The van der Waals surface area contributed by atoms with Crippen LogP contribution in [0.25, 0.3) is 0 Å². The minimum atomic E-state index is -0.411. The molecule has 0 unspecified atom stereocenters. The first-order valence-electron chi connectivity index (χ1n) is 8.32. The van der Waals surface area contributed by atoms with Crippen LogP contribution in [0.2, 0.25) is 0 Å². The third-order valence-electron chi connectivity index (χ3n) is 3.97. The molecule has 0 atom stereocenters. The standard InChI is InChI=1S/C19H18BrN3O5/c1-23-16(15(20)9-22-23)10-21-18(24)17-8-7-14(28-17)11-27-13-5-3-12(4-6-13)19(25)26-2/h3-9H,10-11H2,1-2H3,(H,21,24). The van der Waals surface area contributed by atoms with Crippen molar-refractivity contribution in [2.45, 2.75) is 13.2 Å². The monoisotopic (exact) mass is 447 g/mol. The van der Waals surface area contributed by atoms with Gasteiger partial charge in [-0.3, -0.25) is 9.48 Å². The van der Waals surface area contributed by atoms with Crippen molar-refractivity contribution in [2.24, 2.45) is 7.05 Å². The number of amides is 1. The highest BCUT2D eigenvalue weighted by Gasteiger charge is 2.14. The van der Waals surface area contributed by atoms with E-state index in [1.807, 2.05) is 0 Å². The molecule has 0 saturated carbocycles. The summed E-state index contributed by atoms with van der Waals surface area (Å²) >= 11 is 3.39. The van der Waals surface area contributed by atoms with Gasteiger partial charge in [-0.15, -0.1) is 0 Å². The number of benzene rings is 1. The number of halogens is 1. The molecule has 0 aliphatic rings. The van der Waals surface area contributed by atoms with E-state index in [1.54, 1.807) is 54.3 Å². The Hall–Kier alpha value is -3.07. The lowest BCUT2D eigenvalue weighted by atomic mass is 10.2. The van der Waals surface area contributed by atoms with E-state index < -0.39 is 5.97 Å². The van der Waals surface area contributed by atoms with Crippen molar-refractivity contribution >= 4 is 27.8 Å². The van der Waals surface area contributed by atoms with E-state index in [-0.39, 0.29) is 18.3 Å². The van der Waals surface area contributed by atoms with E-state index in [9.17, 15) is 9.59 Å². The highest BCUT2D eigenvalue weighted by Crippen LogP contribution is 2.17. The Labute approximate surface area is 169 Å². The summed E-state index contributed by atoms with van der Waals surface area (Å²) in [6, 6.07) is 9.81. The summed E-state index contributed by atoms with van der Waals surface area (Å²) in [5.74, 6) is 0.520. The van der Waals surface area contributed by atoms with E-state index in [1.165, 1.54) is 7.11 Å². The molecule has 3 rings (SSSR count). The minimum absolute atomic E-state index is 0.151. The van der Waals surface area contributed by atoms with Crippen molar-refractivity contribution < 1.29 is 23.5 Å². The third-order valence-corrected chi connectivity index (χ3v) is 4.63. The minimum Gasteiger partial charge on any atom is -0.486 e. The normalized spacial score (nSPS) is 10.5. The lowest BCUT2D eigenvalue weighted by Gasteiger charge is -2.06. The highest BCUT2D eigenvalue weighted by molar-refractivity contribution is 9.10. The zero-order valence-corrected chi connectivity index (χ0v) is 16.9. The van der Waals surface area contributed by atoms with Crippen molar-refractivity contribution in [1.82, 2.24) is 15.1 Å². The number of carbonyl (C=O) groups excluding carboxylic acids is 2. The zero-order valence-electron chi connectivity index (χ0n) is 15.3. The van der Waals surface area contributed by atoms with Crippen LogP contribution in [0.15, 0.2) is 51.5 Å². The summed E-state index contributed by atoms with van der Waals surface area (Å²) in [5, 5.41) is 6.88. The van der Waals surface area contributed by atoms with Crippen molar-refractivity contribution in [3.8, 4) is 5.75 Å². The SMILES string of the molecule is COC(=O)c1ccc(OCc2ccc(C(=O)NCc3c(Br)cnn3C)o2)cc1. The number of methoxy groups -OCH3 is 1. The van der Waals surface area contributed by atoms with Gasteiger partial charge in [0.25, 0.3) is 5.91 Å². The van der Waals surface area contributed by atoms with Crippen molar-refractivity contribution in [3.05, 3.63) is 69.8 Å². The Morgan fingerprint density at radius 1 is 1.21 bits per heavy atom. The Bertz CT molecular complexity index is 958. The molecule has 0 aliphatic carbocycles. The first-order chi connectivity index (χ1) is 13.5. The van der Waals surface area contributed by atoms with Crippen LogP contribution in [0.5, 0.6) is 5.75 Å². The highest BCUT2D eigenvalue weighted by atomic mass is 79.9. The Morgan fingerprint density at radius 3 is 2.61 bits per heavy atom. The summed E-state index contributed by atoms with van der Waals surface area (Å²) in [6.45, 7) is 0.465. The number of ether oxygens (including phenoxy) is 2. The molecule has 0 fully saturated rings. The predicted molar refractivity (Wildman–Crippen MR) is 103 cm³/mol. The molecule has 0 spiro atoms. The second kappa shape index (κ2) is 8.75. The molecular formula is C19H18BrN3O5. The largest absolute Gasteiger partial charge is 0.486 e. The van der Waals surface area contributed by atoms with Crippen LogP contribution in [0.1, 0.15) is 32.4 Å². The number of hydrogen-bond acceptors (Lipinski definition) is 6. The maximum atomic E-state index is 12.2. The van der Waals surface area contributed by atoms with E-state index in [0.29, 0.717) is 23.6 Å². The fourth-order valence-electron chi connectivity index (χ4n) is 2.42. The van der Waals surface area contributed by atoms with Crippen LogP contribution in [0.3, 0.4) is 0 Å². The summed E-state index contributed by atoms with van der Waals surface area (Å²) in [7, 11) is 3.12. The number of nitrogens with one attached hydrogen (secondary N) is 1. The van der Waals surface area contributed by atoms with E-state index in [2.05, 4.69) is 31.1 Å². The second-order valence-corrected chi connectivity index (χ2v) is 6.67. The maximum Gasteiger partial charge on any atom is 0.337 e. The number of carbonyl (C=O) groups is 2. The number of aryl methyl sites for hydroxylation is 1. The van der Waals surface area contributed by atoms with Crippen LogP contribution in [-0.2, 0) is 24.9 Å².